The lowest BCUT2D eigenvalue weighted by Crippen LogP contribution is -2.40. The van der Waals surface area contributed by atoms with Gasteiger partial charge in [-0.2, -0.15) is 0 Å². The van der Waals surface area contributed by atoms with Gasteiger partial charge in [-0.05, 0) is 50.2 Å². The molecular formula is C18H27NO2. The van der Waals surface area contributed by atoms with E-state index < -0.39 is 0 Å². The molecule has 3 heteroatoms. The highest BCUT2D eigenvalue weighted by Gasteiger charge is 2.41. The van der Waals surface area contributed by atoms with Crippen LogP contribution in [0.25, 0.3) is 0 Å². The summed E-state index contributed by atoms with van der Waals surface area (Å²) in [6, 6.07) is 6.39. The fourth-order valence-corrected chi connectivity index (χ4v) is 4.09. The predicted octanol–water partition coefficient (Wildman–Crippen LogP) is 3.74. The molecule has 3 rings (SSSR count). The van der Waals surface area contributed by atoms with E-state index in [0.717, 1.165) is 30.8 Å². The molecule has 2 unspecified atom stereocenters. The molecule has 1 aliphatic heterocycles. The number of rotatable bonds is 3. The van der Waals surface area contributed by atoms with Crippen LogP contribution in [0.2, 0.25) is 0 Å². The Balaban J connectivity index is 1.79. The van der Waals surface area contributed by atoms with Crippen molar-refractivity contribution in [3.8, 4) is 5.75 Å². The van der Waals surface area contributed by atoms with Crippen molar-refractivity contribution in [2.24, 2.45) is 11.7 Å². The minimum absolute atomic E-state index is 0.0434. The van der Waals surface area contributed by atoms with E-state index in [-0.39, 0.29) is 11.6 Å². The number of hydrogen-bond donors (Lipinski definition) is 1. The first-order valence-electron chi connectivity index (χ1n) is 8.18. The molecule has 1 spiro atoms. The summed E-state index contributed by atoms with van der Waals surface area (Å²) in [5.74, 6) is 1.42. The molecule has 3 nitrogen and oxygen atoms in total. The average Bonchev–Trinajstić information content (AvgIpc) is 2.94. The van der Waals surface area contributed by atoms with Crippen LogP contribution >= 0.6 is 0 Å². The predicted molar refractivity (Wildman–Crippen MR) is 84.5 cm³/mol. The standard InChI is InChI=1S/C18H27NO2/c1-13-5-6-15(16(11-13)20-2)17(19)14-7-10-21-18(12-14)8-3-4-9-18/h5-6,11,14,17H,3-4,7-10,12,19H2,1-2H3. The quantitative estimate of drug-likeness (QED) is 0.922. The molecule has 2 fully saturated rings. The van der Waals surface area contributed by atoms with Crippen LogP contribution in [0.3, 0.4) is 0 Å². The van der Waals surface area contributed by atoms with E-state index in [1.807, 2.05) is 0 Å². The maximum absolute atomic E-state index is 6.61. The van der Waals surface area contributed by atoms with Gasteiger partial charge in [0.25, 0.3) is 0 Å². The number of nitrogens with two attached hydrogens (primary N) is 1. The number of ether oxygens (including phenoxy) is 2. The van der Waals surface area contributed by atoms with Crippen LogP contribution in [0.4, 0.5) is 0 Å². The highest BCUT2D eigenvalue weighted by atomic mass is 16.5. The summed E-state index contributed by atoms with van der Waals surface area (Å²) in [6.45, 7) is 2.94. The Morgan fingerprint density at radius 1 is 1.33 bits per heavy atom. The molecule has 1 saturated carbocycles. The van der Waals surface area contributed by atoms with Gasteiger partial charge >= 0.3 is 0 Å². The molecule has 1 aromatic carbocycles. The molecule has 116 valence electrons. The fraction of sp³-hybridized carbons (Fsp3) is 0.667. The second kappa shape index (κ2) is 5.98. The second-order valence-electron chi connectivity index (χ2n) is 6.76. The molecule has 0 amide bonds. The van der Waals surface area contributed by atoms with Crippen molar-refractivity contribution in [1.29, 1.82) is 0 Å². The smallest absolute Gasteiger partial charge is 0.123 e. The van der Waals surface area contributed by atoms with Gasteiger partial charge in [0, 0.05) is 18.2 Å². The van der Waals surface area contributed by atoms with E-state index in [1.165, 1.54) is 31.2 Å². The summed E-state index contributed by atoms with van der Waals surface area (Å²) in [5, 5.41) is 0. The van der Waals surface area contributed by atoms with Crippen LogP contribution in [-0.2, 0) is 4.74 Å². The van der Waals surface area contributed by atoms with Gasteiger partial charge in [-0.3, -0.25) is 0 Å². The lowest BCUT2D eigenvalue weighted by molar-refractivity contribution is -0.0964. The van der Waals surface area contributed by atoms with Crippen LogP contribution in [0.5, 0.6) is 5.75 Å². The highest BCUT2D eigenvalue weighted by Crippen LogP contribution is 2.45. The fourth-order valence-electron chi connectivity index (χ4n) is 4.09. The van der Waals surface area contributed by atoms with Crippen LogP contribution in [-0.4, -0.2) is 19.3 Å². The van der Waals surface area contributed by atoms with Gasteiger partial charge in [-0.1, -0.05) is 25.0 Å². The van der Waals surface area contributed by atoms with Gasteiger partial charge in [0.1, 0.15) is 5.75 Å². The van der Waals surface area contributed by atoms with E-state index in [0.29, 0.717) is 5.92 Å². The normalized spacial score (nSPS) is 26.0. The lowest BCUT2D eigenvalue weighted by atomic mass is 9.78. The van der Waals surface area contributed by atoms with E-state index in [4.69, 9.17) is 15.2 Å². The molecule has 1 saturated heterocycles. The lowest BCUT2D eigenvalue weighted by Gasteiger charge is -2.40. The van der Waals surface area contributed by atoms with Crippen molar-refractivity contribution in [2.45, 2.75) is 57.1 Å². The van der Waals surface area contributed by atoms with Gasteiger partial charge in [0.05, 0.1) is 12.7 Å². The van der Waals surface area contributed by atoms with Gasteiger partial charge in [0.2, 0.25) is 0 Å². The van der Waals surface area contributed by atoms with E-state index in [9.17, 15) is 0 Å². The van der Waals surface area contributed by atoms with Crippen LogP contribution in [0.1, 0.15) is 55.7 Å². The molecule has 0 bridgehead atoms. The zero-order valence-corrected chi connectivity index (χ0v) is 13.2. The van der Waals surface area contributed by atoms with Crippen molar-refractivity contribution in [3.05, 3.63) is 29.3 Å². The van der Waals surface area contributed by atoms with Crippen LogP contribution in [0.15, 0.2) is 18.2 Å². The van der Waals surface area contributed by atoms with E-state index in [1.54, 1.807) is 7.11 Å². The SMILES string of the molecule is COc1cc(C)ccc1C(N)C1CCOC2(CCCC2)C1. The third kappa shape index (κ3) is 2.95. The number of hydrogen-bond acceptors (Lipinski definition) is 3. The Bertz CT molecular complexity index is 494. The molecule has 2 N–H and O–H groups in total. The third-order valence-electron chi connectivity index (χ3n) is 5.30. The molecule has 0 radical (unpaired) electrons. The minimum atomic E-state index is 0.0434. The second-order valence-corrected chi connectivity index (χ2v) is 6.76. The Kier molecular flexibility index (Phi) is 4.23. The van der Waals surface area contributed by atoms with Crippen molar-refractivity contribution in [1.82, 2.24) is 0 Å². The zero-order valence-electron chi connectivity index (χ0n) is 13.2. The molecule has 0 aromatic heterocycles. The molecule has 1 aliphatic carbocycles. The Morgan fingerprint density at radius 2 is 2.10 bits per heavy atom. The Morgan fingerprint density at radius 3 is 2.81 bits per heavy atom. The molecule has 1 aromatic rings. The zero-order chi connectivity index (χ0) is 14.9. The minimum Gasteiger partial charge on any atom is -0.496 e. The molecule has 1 heterocycles. The van der Waals surface area contributed by atoms with Crippen molar-refractivity contribution >= 4 is 0 Å². The third-order valence-corrected chi connectivity index (χ3v) is 5.30. The van der Waals surface area contributed by atoms with Crippen LogP contribution in [0, 0.1) is 12.8 Å². The largest absolute Gasteiger partial charge is 0.496 e. The molecule has 2 atom stereocenters. The molecular weight excluding hydrogens is 262 g/mol. The maximum atomic E-state index is 6.61. The summed E-state index contributed by atoms with van der Waals surface area (Å²) in [5.41, 5.74) is 9.09. The topological polar surface area (TPSA) is 44.5 Å². The first kappa shape index (κ1) is 14.9. The van der Waals surface area contributed by atoms with Gasteiger partial charge < -0.3 is 15.2 Å². The van der Waals surface area contributed by atoms with Gasteiger partial charge in [-0.25, -0.2) is 0 Å². The molecule has 21 heavy (non-hydrogen) atoms. The summed E-state index contributed by atoms with van der Waals surface area (Å²) < 4.78 is 11.7. The summed E-state index contributed by atoms with van der Waals surface area (Å²) >= 11 is 0. The van der Waals surface area contributed by atoms with Gasteiger partial charge in [0.15, 0.2) is 0 Å². The van der Waals surface area contributed by atoms with E-state index in [2.05, 4.69) is 25.1 Å². The maximum Gasteiger partial charge on any atom is 0.123 e. The van der Waals surface area contributed by atoms with Crippen molar-refractivity contribution in [2.75, 3.05) is 13.7 Å². The highest BCUT2D eigenvalue weighted by molar-refractivity contribution is 5.39. The number of aryl methyl sites for hydroxylation is 1. The molecule has 2 aliphatic rings. The van der Waals surface area contributed by atoms with Gasteiger partial charge in [-0.15, -0.1) is 0 Å². The van der Waals surface area contributed by atoms with Crippen molar-refractivity contribution in [3.63, 3.8) is 0 Å². The summed E-state index contributed by atoms with van der Waals surface area (Å²) in [4.78, 5) is 0. The summed E-state index contributed by atoms with van der Waals surface area (Å²) in [7, 11) is 1.73. The Hall–Kier alpha value is -1.06. The average molecular weight is 289 g/mol. The van der Waals surface area contributed by atoms with Crippen LogP contribution < -0.4 is 10.5 Å². The first-order chi connectivity index (χ1) is 10.1. The Labute approximate surface area is 127 Å². The number of benzene rings is 1. The van der Waals surface area contributed by atoms with E-state index >= 15 is 0 Å². The summed E-state index contributed by atoms with van der Waals surface area (Å²) in [6.07, 6.45) is 7.18. The van der Waals surface area contributed by atoms with Crippen molar-refractivity contribution < 1.29 is 9.47 Å². The monoisotopic (exact) mass is 289 g/mol. The first-order valence-corrected chi connectivity index (χ1v) is 8.18. The number of methoxy groups -OCH3 is 1.